The molecule has 1 spiro atoms. The van der Waals surface area contributed by atoms with Crippen molar-refractivity contribution in [2.75, 3.05) is 25.0 Å². The fourth-order valence-corrected chi connectivity index (χ4v) is 5.96. The first kappa shape index (κ1) is 22.9. The molecule has 2 aromatic carbocycles. The number of urea groups is 1. The maximum atomic E-state index is 13.2. The lowest BCUT2D eigenvalue weighted by atomic mass is 9.92. The number of nitrogens with zero attached hydrogens (tertiary/aromatic N) is 2. The Labute approximate surface area is 192 Å². The molecule has 2 aromatic rings. The summed E-state index contributed by atoms with van der Waals surface area (Å²) in [5.41, 5.74) is 1.04. The van der Waals surface area contributed by atoms with E-state index in [4.69, 9.17) is 0 Å². The van der Waals surface area contributed by atoms with Gasteiger partial charge in [-0.25, -0.2) is 13.2 Å². The van der Waals surface area contributed by atoms with Crippen molar-refractivity contribution >= 4 is 33.6 Å². The molecular weight excluding hydrogens is 444 g/mol. The number of nitrogens with one attached hydrogen (secondary N) is 2. The van der Waals surface area contributed by atoms with E-state index >= 15 is 0 Å². The maximum absolute atomic E-state index is 13.2. The van der Waals surface area contributed by atoms with Gasteiger partial charge in [0, 0.05) is 18.8 Å². The van der Waals surface area contributed by atoms with E-state index in [9.17, 15) is 22.8 Å². The van der Waals surface area contributed by atoms with Crippen molar-refractivity contribution in [2.24, 2.45) is 0 Å². The van der Waals surface area contributed by atoms with Gasteiger partial charge in [-0.3, -0.25) is 14.5 Å². The predicted molar refractivity (Wildman–Crippen MR) is 122 cm³/mol. The molecule has 1 aliphatic carbocycles. The number of anilines is 1. The summed E-state index contributed by atoms with van der Waals surface area (Å²) in [4.78, 5) is 39.4. The van der Waals surface area contributed by atoms with Crippen LogP contribution >= 0.6 is 0 Å². The molecule has 0 saturated carbocycles. The Morgan fingerprint density at radius 3 is 2.42 bits per heavy atom. The Balaban J connectivity index is 1.45. The number of aryl methyl sites for hydroxylation is 1. The summed E-state index contributed by atoms with van der Waals surface area (Å²) >= 11 is 0. The Hall–Kier alpha value is -3.24. The Kier molecular flexibility index (Phi) is 5.98. The van der Waals surface area contributed by atoms with Crippen LogP contribution in [0.1, 0.15) is 31.4 Å². The zero-order valence-corrected chi connectivity index (χ0v) is 19.3. The quantitative estimate of drug-likeness (QED) is 0.601. The fourth-order valence-electron chi connectivity index (χ4n) is 4.50. The molecule has 9 nitrogen and oxygen atoms in total. The molecule has 10 heteroatoms. The lowest BCUT2D eigenvalue weighted by Gasteiger charge is -2.22. The van der Waals surface area contributed by atoms with Crippen LogP contribution in [0.15, 0.2) is 53.4 Å². The monoisotopic (exact) mass is 470 g/mol. The van der Waals surface area contributed by atoms with Gasteiger partial charge in [-0.1, -0.05) is 38.1 Å². The van der Waals surface area contributed by atoms with Crippen molar-refractivity contribution in [3.8, 4) is 0 Å². The second-order valence-corrected chi connectivity index (χ2v) is 9.98. The standard InChI is InChI=1S/C23H26N4O5S/c1-3-26(4-2)33(31,32)18-11-9-17(10-12-18)24-20(28)15-27-21(29)23(25-22(27)30)14-13-16-7-5-6-8-19(16)23/h5-12H,3-4,13-15H2,1-2H3,(H,24,28)(H,25,30)/t23-/m0/s1. The van der Waals surface area contributed by atoms with E-state index in [-0.39, 0.29) is 4.90 Å². The van der Waals surface area contributed by atoms with Crippen LogP contribution in [-0.2, 0) is 31.6 Å². The molecule has 33 heavy (non-hydrogen) atoms. The molecule has 2 N–H and O–H groups in total. The zero-order valence-electron chi connectivity index (χ0n) is 18.5. The number of amides is 4. The van der Waals surface area contributed by atoms with E-state index in [0.29, 0.717) is 31.6 Å². The maximum Gasteiger partial charge on any atom is 0.325 e. The van der Waals surface area contributed by atoms with Gasteiger partial charge in [0.15, 0.2) is 0 Å². The fraction of sp³-hybridized carbons (Fsp3) is 0.348. The number of carbonyl (C=O) groups is 3. The topological polar surface area (TPSA) is 116 Å². The second-order valence-electron chi connectivity index (χ2n) is 8.05. The molecule has 0 aromatic heterocycles. The highest BCUT2D eigenvalue weighted by atomic mass is 32.2. The van der Waals surface area contributed by atoms with Gasteiger partial charge >= 0.3 is 6.03 Å². The molecule has 0 radical (unpaired) electrons. The van der Waals surface area contributed by atoms with Gasteiger partial charge in [0.05, 0.1) is 4.90 Å². The molecule has 1 atom stereocenters. The number of hydrogen-bond acceptors (Lipinski definition) is 5. The highest BCUT2D eigenvalue weighted by Crippen LogP contribution is 2.41. The van der Waals surface area contributed by atoms with Gasteiger partial charge in [-0.2, -0.15) is 4.31 Å². The highest BCUT2D eigenvalue weighted by molar-refractivity contribution is 7.89. The summed E-state index contributed by atoms with van der Waals surface area (Å²) in [6.07, 6.45) is 1.13. The number of rotatable bonds is 7. The van der Waals surface area contributed by atoms with Crippen LogP contribution in [0.3, 0.4) is 0 Å². The molecule has 0 bridgehead atoms. The first-order chi connectivity index (χ1) is 15.7. The van der Waals surface area contributed by atoms with Crippen LogP contribution in [0.5, 0.6) is 0 Å². The van der Waals surface area contributed by atoms with E-state index in [0.717, 1.165) is 16.0 Å². The van der Waals surface area contributed by atoms with E-state index in [1.54, 1.807) is 13.8 Å². The lowest BCUT2D eigenvalue weighted by molar-refractivity contribution is -0.134. The largest absolute Gasteiger partial charge is 0.325 e. The summed E-state index contributed by atoms with van der Waals surface area (Å²) in [7, 11) is -3.60. The number of benzene rings is 2. The van der Waals surface area contributed by atoms with E-state index < -0.39 is 40.0 Å². The normalized spacial score (nSPS) is 19.8. The third kappa shape index (κ3) is 3.89. The summed E-state index contributed by atoms with van der Waals surface area (Å²) in [5.74, 6) is -0.991. The van der Waals surface area contributed by atoms with Crippen molar-refractivity contribution < 1.29 is 22.8 Å². The van der Waals surface area contributed by atoms with Crippen molar-refractivity contribution in [1.29, 1.82) is 0 Å². The number of fused-ring (bicyclic) bond motifs is 2. The molecule has 1 saturated heterocycles. The Morgan fingerprint density at radius 1 is 1.09 bits per heavy atom. The molecular formula is C23H26N4O5S. The van der Waals surface area contributed by atoms with Crippen LogP contribution in [0.2, 0.25) is 0 Å². The van der Waals surface area contributed by atoms with Crippen LogP contribution in [0.4, 0.5) is 10.5 Å². The van der Waals surface area contributed by atoms with E-state index in [1.165, 1.54) is 28.6 Å². The van der Waals surface area contributed by atoms with Crippen LogP contribution in [0, 0.1) is 0 Å². The Morgan fingerprint density at radius 2 is 1.76 bits per heavy atom. The van der Waals surface area contributed by atoms with Crippen molar-refractivity contribution in [1.82, 2.24) is 14.5 Å². The van der Waals surface area contributed by atoms with Gasteiger partial charge in [0.25, 0.3) is 5.91 Å². The molecule has 0 unspecified atom stereocenters. The smallest absolute Gasteiger partial charge is 0.325 e. The predicted octanol–water partition coefficient (Wildman–Crippen LogP) is 2.05. The molecule has 4 rings (SSSR count). The van der Waals surface area contributed by atoms with Crippen molar-refractivity contribution in [2.45, 2.75) is 37.1 Å². The molecule has 2 aliphatic rings. The third-order valence-electron chi connectivity index (χ3n) is 6.21. The highest BCUT2D eigenvalue weighted by Gasteiger charge is 2.55. The first-order valence-corrected chi connectivity index (χ1v) is 12.3. The molecule has 174 valence electrons. The summed E-state index contributed by atoms with van der Waals surface area (Å²) in [5, 5.41) is 5.41. The van der Waals surface area contributed by atoms with Gasteiger partial charge < -0.3 is 10.6 Å². The number of carbonyl (C=O) groups excluding carboxylic acids is 3. The van der Waals surface area contributed by atoms with Gasteiger partial charge in [0.2, 0.25) is 15.9 Å². The second kappa shape index (κ2) is 8.60. The van der Waals surface area contributed by atoms with Gasteiger partial charge in [-0.05, 0) is 48.2 Å². The number of hydrogen-bond donors (Lipinski definition) is 2. The van der Waals surface area contributed by atoms with Crippen LogP contribution < -0.4 is 10.6 Å². The van der Waals surface area contributed by atoms with E-state index in [1.807, 2.05) is 24.3 Å². The van der Waals surface area contributed by atoms with Crippen LogP contribution in [-0.4, -0.2) is 55.1 Å². The third-order valence-corrected chi connectivity index (χ3v) is 8.27. The minimum absolute atomic E-state index is 0.125. The molecule has 1 aliphatic heterocycles. The number of sulfonamides is 1. The van der Waals surface area contributed by atoms with Crippen molar-refractivity contribution in [3.05, 3.63) is 59.7 Å². The van der Waals surface area contributed by atoms with Crippen LogP contribution in [0.25, 0.3) is 0 Å². The summed E-state index contributed by atoms with van der Waals surface area (Å²) in [6, 6.07) is 12.7. The minimum Gasteiger partial charge on any atom is -0.325 e. The SMILES string of the molecule is CCN(CC)S(=O)(=O)c1ccc(NC(=O)CN2C(=O)N[C@]3(CCc4ccccc43)C2=O)cc1. The lowest BCUT2D eigenvalue weighted by Crippen LogP contribution is -2.43. The molecule has 4 amide bonds. The molecule has 1 fully saturated rings. The van der Waals surface area contributed by atoms with Crippen molar-refractivity contribution in [3.63, 3.8) is 0 Å². The Bertz CT molecular complexity index is 1210. The first-order valence-electron chi connectivity index (χ1n) is 10.9. The average Bonchev–Trinajstić information content (AvgIpc) is 3.28. The minimum atomic E-state index is -3.60. The number of imide groups is 1. The van der Waals surface area contributed by atoms with E-state index in [2.05, 4.69) is 10.6 Å². The summed E-state index contributed by atoms with van der Waals surface area (Å²) in [6.45, 7) is 3.80. The van der Waals surface area contributed by atoms with Gasteiger partial charge in [0.1, 0.15) is 12.1 Å². The molecule has 1 heterocycles. The summed E-state index contributed by atoms with van der Waals surface area (Å²) < 4.78 is 26.5. The zero-order chi connectivity index (χ0) is 23.8. The van der Waals surface area contributed by atoms with Gasteiger partial charge in [-0.15, -0.1) is 0 Å². The average molecular weight is 471 g/mol.